The van der Waals surface area contributed by atoms with Crippen LogP contribution in [0.4, 0.5) is 5.69 Å². The third-order valence-corrected chi connectivity index (χ3v) is 4.27. The van der Waals surface area contributed by atoms with E-state index in [9.17, 15) is 14.4 Å². The van der Waals surface area contributed by atoms with E-state index in [0.717, 1.165) is 32.4 Å². The molecule has 0 aliphatic carbocycles. The van der Waals surface area contributed by atoms with E-state index in [4.69, 9.17) is 5.11 Å². The summed E-state index contributed by atoms with van der Waals surface area (Å²) in [5, 5.41) is 17.3. The maximum atomic E-state index is 12.1. The second-order valence-electron chi connectivity index (χ2n) is 6.26. The van der Waals surface area contributed by atoms with Crippen LogP contribution in [0, 0.1) is 5.92 Å². The molecule has 1 fully saturated rings. The van der Waals surface area contributed by atoms with Gasteiger partial charge in [0.25, 0.3) is 5.91 Å². The van der Waals surface area contributed by atoms with Crippen molar-refractivity contribution in [3.63, 3.8) is 0 Å². The van der Waals surface area contributed by atoms with Crippen molar-refractivity contribution in [3.05, 3.63) is 29.8 Å². The van der Waals surface area contributed by atoms with Crippen LogP contribution >= 0.6 is 0 Å². The standard InChI is InChI=1S/C18H25N3O4/c22-16(5-4-13-6-9-19-10-7-13)21-15-3-1-2-14(12-15)18(25)20-11-8-17(23)24/h1-3,12-13,19H,4-11H2,(H,20,25)(H,21,22)(H,23,24). The lowest BCUT2D eigenvalue weighted by molar-refractivity contribution is -0.136. The highest BCUT2D eigenvalue weighted by molar-refractivity contribution is 5.97. The van der Waals surface area contributed by atoms with Crippen molar-refractivity contribution in [2.45, 2.75) is 32.1 Å². The van der Waals surface area contributed by atoms with Crippen molar-refractivity contribution < 1.29 is 19.5 Å². The molecule has 2 rings (SSSR count). The van der Waals surface area contributed by atoms with Gasteiger partial charge >= 0.3 is 5.97 Å². The summed E-state index contributed by atoms with van der Waals surface area (Å²) in [4.78, 5) is 34.5. The quantitative estimate of drug-likeness (QED) is 0.571. The Labute approximate surface area is 147 Å². The summed E-state index contributed by atoms with van der Waals surface area (Å²) >= 11 is 0. The third-order valence-electron chi connectivity index (χ3n) is 4.27. The molecule has 1 heterocycles. The van der Waals surface area contributed by atoms with Crippen molar-refractivity contribution >= 4 is 23.5 Å². The number of hydrogen-bond acceptors (Lipinski definition) is 4. The molecule has 0 radical (unpaired) electrons. The van der Waals surface area contributed by atoms with Crippen LogP contribution in [0.3, 0.4) is 0 Å². The first-order chi connectivity index (χ1) is 12.0. The second kappa shape index (κ2) is 9.78. The number of anilines is 1. The minimum absolute atomic E-state index is 0.0537. The zero-order chi connectivity index (χ0) is 18.1. The predicted molar refractivity (Wildman–Crippen MR) is 94.5 cm³/mol. The summed E-state index contributed by atoms with van der Waals surface area (Å²) in [6.07, 6.45) is 3.44. The molecule has 2 amide bonds. The summed E-state index contributed by atoms with van der Waals surface area (Å²) in [5.41, 5.74) is 0.961. The summed E-state index contributed by atoms with van der Waals surface area (Å²) in [6.45, 7) is 2.11. The molecule has 25 heavy (non-hydrogen) atoms. The van der Waals surface area contributed by atoms with Gasteiger partial charge in [0.15, 0.2) is 0 Å². The third kappa shape index (κ3) is 6.93. The normalized spacial score (nSPS) is 14.7. The topological polar surface area (TPSA) is 108 Å². The molecule has 0 spiro atoms. The van der Waals surface area contributed by atoms with Gasteiger partial charge in [0, 0.05) is 24.2 Å². The van der Waals surface area contributed by atoms with Crippen LogP contribution in [-0.4, -0.2) is 42.5 Å². The van der Waals surface area contributed by atoms with Crippen LogP contribution in [0.5, 0.6) is 0 Å². The molecule has 1 aliphatic heterocycles. The van der Waals surface area contributed by atoms with Gasteiger partial charge in [0.05, 0.1) is 6.42 Å². The fourth-order valence-corrected chi connectivity index (χ4v) is 2.85. The lowest BCUT2D eigenvalue weighted by Crippen LogP contribution is -2.28. The highest BCUT2D eigenvalue weighted by Crippen LogP contribution is 2.18. The van der Waals surface area contributed by atoms with E-state index in [1.165, 1.54) is 0 Å². The minimum atomic E-state index is -0.963. The molecule has 7 heteroatoms. The first kappa shape index (κ1) is 18.9. The Hall–Kier alpha value is -2.41. The first-order valence-electron chi connectivity index (χ1n) is 8.65. The number of carboxylic acids is 1. The number of benzene rings is 1. The Morgan fingerprint density at radius 1 is 1.16 bits per heavy atom. The zero-order valence-electron chi connectivity index (χ0n) is 14.2. The molecular formula is C18H25N3O4. The van der Waals surface area contributed by atoms with Gasteiger partial charge in [-0.25, -0.2) is 0 Å². The van der Waals surface area contributed by atoms with E-state index in [1.807, 2.05) is 0 Å². The van der Waals surface area contributed by atoms with Gasteiger partial charge in [-0.15, -0.1) is 0 Å². The average molecular weight is 347 g/mol. The maximum Gasteiger partial charge on any atom is 0.305 e. The van der Waals surface area contributed by atoms with Crippen LogP contribution in [-0.2, 0) is 9.59 Å². The number of carboxylic acid groups (broad SMARTS) is 1. The molecule has 0 bridgehead atoms. The van der Waals surface area contributed by atoms with Gasteiger partial charge in [-0.3, -0.25) is 14.4 Å². The Morgan fingerprint density at radius 3 is 2.64 bits per heavy atom. The van der Waals surface area contributed by atoms with Crippen LogP contribution in [0.25, 0.3) is 0 Å². The molecule has 1 aromatic carbocycles. The van der Waals surface area contributed by atoms with Crippen molar-refractivity contribution in [1.29, 1.82) is 0 Å². The van der Waals surface area contributed by atoms with E-state index < -0.39 is 5.97 Å². The SMILES string of the molecule is O=C(O)CCNC(=O)c1cccc(NC(=O)CCC2CCNCC2)c1. The van der Waals surface area contributed by atoms with Crippen LogP contribution in [0.15, 0.2) is 24.3 Å². The number of nitrogens with one attached hydrogen (secondary N) is 3. The molecule has 1 saturated heterocycles. The van der Waals surface area contributed by atoms with Gasteiger partial charge < -0.3 is 21.1 Å². The van der Waals surface area contributed by atoms with Crippen molar-refractivity contribution in [1.82, 2.24) is 10.6 Å². The summed E-state index contributed by atoms with van der Waals surface area (Å²) in [7, 11) is 0. The Morgan fingerprint density at radius 2 is 1.92 bits per heavy atom. The lowest BCUT2D eigenvalue weighted by atomic mass is 9.93. The van der Waals surface area contributed by atoms with Crippen LogP contribution in [0.1, 0.15) is 42.5 Å². The molecule has 1 aliphatic rings. The number of piperidine rings is 1. The maximum absolute atomic E-state index is 12.1. The van der Waals surface area contributed by atoms with Crippen LogP contribution in [0.2, 0.25) is 0 Å². The largest absolute Gasteiger partial charge is 0.481 e. The van der Waals surface area contributed by atoms with Crippen molar-refractivity contribution in [2.75, 3.05) is 25.0 Å². The molecule has 136 valence electrons. The summed E-state index contributed by atoms with van der Waals surface area (Å²) in [5.74, 6) is -0.776. The molecule has 4 N–H and O–H groups in total. The second-order valence-corrected chi connectivity index (χ2v) is 6.26. The lowest BCUT2D eigenvalue weighted by Gasteiger charge is -2.22. The predicted octanol–water partition coefficient (Wildman–Crippen LogP) is 1.61. The van der Waals surface area contributed by atoms with Gasteiger partial charge in [-0.2, -0.15) is 0 Å². The van der Waals surface area contributed by atoms with E-state index >= 15 is 0 Å². The van der Waals surface area contributed by atoms with Gasteiger partial charge in [-0.1, -0.05) is 6.07 Å². The average Bonchev–Trinajstić information content (AvgIpc) is 2.61. The first-order valence-corrected chi connectivity index (χ1v) is 8.65. The molecule has 0 aromatic heterocycles. The molecule has 0 atom stereocenters. The number of carbonyl (C=O) groups is 3. The smallest absolute Gasteiger partial charge is 0.305 e. The Bertz CT molecular complexity index is 612. The number of carbonyl (C=O) groups excluding carboxylic acids is 2. The summed E-state index contributed by atoms with van der Waals surface area (Å²) in [6, 6.07) is 6.64. The van der Waals surface area contributed by atoms with E-state index in [1.54, 1.807) is 24.3 Å². The van der Waals surface area contributed by atoms with Gasteiger partial charge in [0.1, 0.15) is 0 Å². The Balaban J connectivity index is 1.80. The van der Waals surface area contributed by atoms with Gasteiger partial charge in [0.2, 0.25) is 5.91 Å². The number of aliphatic carboxylic acids is 1. The van der Waals surface area contributed by atoms with Gasteiger partial charge in [-0.05, 0) is 56.5 Å². The van der Waals surface area contributed by atoms with Crippen LogP contribution < -0.4 is 16.0 Å². The minimum Gasteiger partial charge on any atom is -0.481 e. The molecule has 0 saturated carbocycles. The summed E-state index contributed by atoms with van der Waals surface area (Å²) < 4.78 is 0. The van der Waals surface area contributed by atoms with Crippen molar-refractivity contribution in [2.24, 2.45) is 5.92 Å². The Kier molecular flexibility index (Phi) is 7.40. The number of rotatable bonds is 8. The fraction of sp³-hybridized carbons (Fsp3) is 0.500. The highest BCUT2D eigenvalue weighted by Gasteiger charge is 2.15. The molecule has 0 unspecified atom stereocenters. The van der Waals surface area contributed by atoms with E-state index in [0.29, 0.717) is 23.6 Å². The zero-order valence-corrected chi connectivity index (χ0v) is 14.2. The molecule has 7 nitrogen and oxygen atoms in total. The van der Waals surface area contributed by atoms with E-state index in [-0.39, 0.29) is 24.8 Å². The molecule has 1 aromatic rings. The van der Waals surface area contributed by atoms with E-state index in [2.05, 4.69) is 16.0 Å². The number of hydrogen-bond donors (Lipinski definition) is 4. The monoisotopic (exact) mass is 347 g/mol. The fourth-order valence-electron chi connectivity index (χ4n) is 2.85. The number of amides is 2. The van der Waals surface area contributed by atoms with Crippen molar-refractivity contribution in [3.8, 4) is 0 Å². The molecular weight excluding hydrogens is 322 g/mol. The highest BCUT2D eigenvalue weighted by atomic mass is 16.4.